The van der Waals surface area contributed by atoms with E-state index in [2.05, 4.69) is 30.4 Å². The average molecular weight is 285 g/mol. The largest absolute Gasteiger partial charge is 0.493 e. The van der Waals surface area contributed by atoms with Crippen molar-refractivity contribution in [1.29, 1.82) is 0 Å². The summed E-state index contributed by atoms with van der Waals surface area (Å²) in [4.78, 5) is 0. The molecule has 0 radical (unpaired) electrons. The van der Waals surface area contributed by atoms with E-state index in [4.69, 9.17) is 9.47 Å². The van der Waals surface area contributed by atoms with E-state index in [9.17, 15) is 0 Å². The summed E-state index contributed by atoms with van der Waals surface area (Å²) in [6.07, 6.45) is 0.110. The van der Waals surface area contributed by atoms with Crippen LogP contribution in [0.15, 0.2) is 42.5 Å². The van der Waals surface area contributed by atoms with Gasteiger partial charge in [-0.2, -0.15) is 0 Å². The molecule has 0 saturated heterocycles. The smallest absolute Gasteiger partial charge is 0.166 e. The zero-order chi connectivity index (χ0) is 15.2. The highest BCUT2D eigenvalue weighted by atomic mass is 16.5. The highest BCUT2D eigenvalue weighted by Crippen LogP contribution is 2.32. The van der Waals surface area contributed by atoms with Crippen LogP contribution >= 0.6 is 0 Å². The molecular weight excluding hydrogens is 262 g/mol. The van der Waals surface area contributed by atoms with E-state index in [1.807, 2.05) is 38.1 Å². The second-order valence-corrected chi connectivity index (χ2v) is 5.28. The van der Waals surface area contributed by atoms with Gasteiger partial charge in [0.1, 0.15) is 0 Å². The monoisotopic (exact) mass is 285 g/mol. The summed E-state index contributed by atoms with van der Waals surface area (Å²) < 4.78 is 11.3. The quantitative estimate of drug-likeness (QED) is 0.853. The van der Waals surface area contributed by atoms with E-state index >= 15 is 0 Å². The molecule has 0 aromatic heterocycles. The predicted molar refractivity (Wildman–Crippen MR) is 87.3 cm³/mol. The molecule has 0 saturated carbocycles. The van der Waals surface area contributed by atoms with Crippen LogP contribution in [0.3, 0.4) is 0 Å². The van der Waals surface area contributed by atoms with Crippen LogP contribution in [0, 0.1) is 6.92 Å². The summed E-state index contributed by atoms with van der Waals surface area (Å²) in [5.41, 5.74) is 3.45. The SMILES string of the molecule is COc1cccc(CNc2ccccc2C)c1OC(C)C. The zero-order valence-electron chi connectivity index (χ0n) is 13.1. The van der Waals surface area contributed by atoms with E-state index in [-0.39, 0.29) is 6.10 Å². The third kappa shape index (κ3) is 3.91. The number of anilines is 1. The van der Waals surface area contributed by atoms with Gasteiger partial charge in [-0.25, -0.2) is 0 Å². The van der Waals surface area contributed by atoms with Gasteiger partial charge < -0.3 is 14.8 Å². The summed E-state index contributed by atoms with van der Waals surface area (Å²) in [6.45, 7) is 6.83. The predicted octanol–water partition coefficient (Wildman–Crippen LogP) is 4.40. The Balaban J connectivity index is 2.21. The van der Waals surface area contributed by atoms with E-state index in [1.54, 1.807) is 7.11 Å². The standard InChI is InChI=1S/C18H23NO2/c1-13(2)21-18-15(9-7-11-17(18)20-4)12-19-16-10-6-5-8-14(16)3/h5-11,13,19H,12H2,1-4H3. The van der Waals surface area contributed by atoms with Crippen LogP contribution in [0.25, 0.3) is 0 Å². The molecule has 0 unspecified atom stereocenters. The van der Waals surface area contributed by atoms with E-state index < -0.39 is 0 Å². The Hall–Kier alpha value is -2.16. The van der Waals surface area contributed by atoms with Crippen LogP contribution in [0.2, 0.25) is 0 Å². The van der Waals surface area contributed by atoms with Crippen molar-refractivity contribution in [2.75, 3.05) is 12.4 Å². The van der Waals surface area contributed by atoms with Crippen molar-refractivity contribution in [3.8, 4) is 11.5 Å². The number of methoxy groups -OCH3 is 1. The maximum Gasteiger partial charge on any atom is 0.166 e. The Morgan fingerprint density at radius 3 is 2.48 bits per heavy atom. The lowest BCUT2D eigenvalue weighted by Gasteiger charge is -2.18. The Bertz CT molecular complexity index is 594. The Morgan fingerprint density at radius 1 is 1.05 bits per heavy atom. The number of rotatable bonds is 6. The topological polar surface area (TPSA) is 30.5 Å². The molecule has 0 fully saturated rings. The third-order valence-electron chi connectivity index (χ3n) is 3.25. The van der Waals surface area contributed by atoms with E-state index in [0.717, 1.165) is 22.7 Å². The third-order valence-corrected chi connectivity index (χ3v) is 3.25. The molecule has 0 spiro atoms. The Morgan fingerprint density at radius 2 is 1.81 bits per heavy atom. The highest BCUT2D eigenvalue weighted by molar-refractivity contribution is 5.53. The summed E-state index contributed by atoms with van der Waals surface area (Å²) >= 11 is 0. The molecule has 0 atom stereocenters. The number of hydrogen-bond donors (Lipinski definition) is 1. The number of benzene rings is 2. The number of ether oxygens (including phenoxy) is 2. The van der Waals surface area contributed by atoms with Crippen molar-refractivity contribution in [1.82, 2.24) is 0 Å². The fourth-order valence-electron chi connectivity index (χ4n) is 2.19. The molecule has 3 nitrogen and oxygen atoms in total. The van der Waals surface area contributed by atoms with Crippen molar-refractivity contribution in [3.63, 3.8) is 0 Å². The molecule has 0 bridgehead atoms. The zero-order valence-corrected chi connectivity index (χ0v) is 13.1. The first kappa shape index (κ1) is 15.2. The van der Waals surface area contributed by atoms with Crippen LogP contribution in [0.4, 0.5) is 5.69 Å². The molecule has 21 heavy (non-hydrogen) atoms. The normalized spacial score (nSPS) is 10.5. The van der Waals surface area contributed by atoms with Crippen molar-refractivity contribution >= 4 is 5.69 Å². The number of para-hydroxylation sites is 2. The fourth-order valence-corrected chi connectivity index (χ4v) is 2.19. The first-order chi connectivity index (χ1) is 10.1. The summed E-state index contributed by atoms with van der Waals surface area (Å²) in [5, 5.41) is 3.46. The summed E-state index contributed by atoms with van der Waals surface area (Å²) in [5.74, 6) is 1.59. The molecule has 0 aliphatic carbocycles. The van der Waals surface area contributed by atoms with Crippen LogP contribution < -0.4 is 14.8 Å². The average Bonchev–Trinajstić information content (AvgIpc) is 2.47. The molecule has 112 valence electrons. The fraction of sp³-hybridized carbons (Fsp3) is 0.333. The minimum atomic E-state index is 0.110. The minimum Gasteiger partial charge on any atom is -0.493 e. The van der Waals surface area contributed by atoms with Crippen molar-refractivity contribution < 1.29 is 9.47 Å². The van der Waals surface area contributed by atoms with Gasteiger partial charge in [-0.15, -0.1) is 0 Å². The van der Waals surface area contributed by atoms with E-state index in [0.29, 0.717) is 6.54 Å². The second-order valence-electron chi connectivity index (χ2n) is 5.28. The van der Waals surface area contributed by atoms with Crippen molar-refractivity contribution in [3.05, 3.63) is 53.6 Å². The highest BCUT2D eigenvalue weighted by Gasteiger charge is 2.12. The van der Waals surface area contributed by atoms with Crippen LogP contribution in [-0.4, -0.2) is 13.2 Å². The molecule has 0 heterocycles. The Labute approximate surface area is 126 Å². The van der Waals surface area contributed by atoms with Crippen LogP contribution in [0.1, 0.15) is 25.0 Å². The first-order valence-corrected chi connectivity index (χ1v) is 7.24. The molecular formula is C18H23NO2. The number of aryl methyl sites for hydroxylation is 1. The van der Waals surface area contributed by atoms with Gasteiger partial charge in [0.15, 0.2) is 11.5 Å². The van der Waals surface area contributed by atoms with Crippen LogP contribution in [0.5, 0.6) is 11.5 Å². The van der Waals surface area contributed by atoms with E-state index in [1.165, 1.54) is 5.56 Å². The maximum atomic E-state index is 5.92. The minimum absolute atomic E-state index is 0.110. The van der Waals surface area contributed by atoms with Gasteiger partial charge in [0.2, 0.25) is 0 Å². The molecule has 0 amide bonds. The molecule has 2 aromatic rings. The van der Waals surface area contributed by atoms with Gasteiger partial charge in [0.05, 0.1) is 13.2 Å². The van der Waals surface area contributed by atoms with Gasteiger partial charge in [-0.1, -0.05) is 30.3 Å². The lowest BCUT2D eigenvalue weighted by molar-refractivity contribution is 0.228. The Kier molecular flexibility index (Phi) is 5.09. The molecule has 2 aromatic carbocycles. The van der Waals surface area contributed by atoms with Gasteiger partial charge in [0.25, 0.3) is 0 Å². The lowest BCUT2D eigenvalue weighted by atomic mass is 10.1. The molecule has 3 heteroatoms. The molecule has 0 aliphatic heterocycles. The van der Waals surface area contributed by atoms with Crippen molar-refractivity contribution in [2.24, 2.45) is 0 Å². The molecule has 1 N–H and O–H groups in total. The summed E-state index contributed by atoms with van der Waals surface area (Å²) in [6, 6.07) is 14.2. The van der Waals surface area contributed by atoms with Gasteiger partial charge in [0, 0.05) is 17.8 Å². The lowest BCUT2D eigenvalue weighted by Crippen LogP contribution is -2.10. The van der Waals surface area contributed by atoms with Crippen molar-refractivity contribution in [2.45, 2.75) is 33.4 Å². The molecule has 2 rings (SSSR count). The molecule has 0 aliphatic rings. The van der Waals surface area contributed by atoms with Gasteiger partial charge in [-0.3, -0.25) is 0 Å². The maximum absolute atomic E-state index is 5.92. The first-order valence-electron chi connectivity index (χ1n) is 7.24. The number of nitrogens with one attached hydrogen (secondary N) is 1. The number of hydrogen-bond acceptors (Lipinski definition) is 3. The summed E-state index contributed by atoms with van der Waals surface area (Å²) in [7, 11) is 1.67. The van der Waals surface area contributed by atoms with Gasteiger partial charge >= 0.3 is 0 Å². The van der Waals surface area contributed by atoms with Gasteiger partial charge in [-0.05, 0) is 38.5 Å². The second kappa shape index (κ2) is 7.02. The van der Waals surface area contributed by atoms with Crippen LogP contribution in [-0.2, 0) is 6.54 Å².